The van der Waals surface area contributed by atoms with Gasteiger partial charge in [-0.15, -0.1) is 0 Å². The second-order valence-corrected chi connectivity index (χ2v) is 5.49. The molecule has 17 heavy (non-hydrogen) atoms. The van der Waals surface area contributed by atoms with E-state index in [1.54, 1.807) is 24.3 Å². The molecule has 0 N–H and O–H groups in total. The number of allylic oxidation sites excluding steroid dienone is 2. The van der Waals surface area contributed by atoms with Gasteiger partial charge in [-0.05, 0) is 13.0 Å². The molecule has 2 unspecified atom stereocenters. The number of hydrogen-bond acceptors (Lipinski definition) is 5. The first-order valence-electron chi connectivity index (χ1n) is 5.20. The van der Waals surface area contributed by atoms with E-state index in [2.05, 4.69) is 0 Å². The number of nitrogens with zero attached hydrogens (tertiary/aromatic N) is 1. The lowest BCUT2D eigenvalue weighted by Crippen LogP contribution is -2.44. The van der Waals surface area contributed by atoms with Crippen LogP contribution in [0.5, 0.6) is 0 Å². The Morgan fingerprint density at radius 1 is 1.53 bits per heavy atom. The third-order valence-corrected chi connectivity index (χ3v) is 3.79. The first-order valence-corrected chi connectivity index (χ1v) is 6.77. The van der Waals surface area contributed by atoms with E-state index in [9.17, 15) is 8.42 Å². The zero-order valence-corrected chi connectivity index (χ0v) is 10.6. The summed E-state index contributed by atoms with van der Waals surface area (Å²) in [7, 11) is -2.26. The van der Waals surface area contributed by atoms with Gasteiger partial charge in [0.25, 0.3) is 10.1 Å². The van der Waals surface area contributed by atoms with Crippen LogP contribution in [0.25, 0.3) is 0 Å². The minimum atomic E-state index is -3.69. The molecule has 0 aromatic rings. The Morgan fingerprint density at radius 3 is 2.65 bits per heavy atom. The summed E-state index contributed by atoms with van der Waals surface area (Å²) in [4.78, 5) is 0. The zero-order chi connectivity index (χ0) is 12.9. The van der Waals surface area contributed by atoms with Gasteiger partial charge >= 0.3 is 0 Å². The van der Waals surface area contributed by atoms with E-state index in [0.29, 0.717) is 6.42 Å². The van der Waals surface area contributed by atoms with Gasteiger partial charge in [-0.1, -0.05) is 18.2 Å². The second kappa shape index (κ2) is 5.45. The molecular weight excluding hydrogens is 242 g/mol. The quantitative estimate of drug-likeness (QED) is 0.690. The predicted molar refractivity (Wildman–Crippen MR) is 62.6 cm³/mol. The fourth-order valence-corrected chi connectivity index (χ4v) is 2.13. The van der Waals surface area contributed by atoms with E-state index in [1.807, 2.05) is 6.07 Å². The molecule has 94 valence electrons. The Bertz CT molecular complexity index is 460. The van der Waals surface area contributed by atoms with Gasteiger partial charge in [0, 0.05) is 13.5 Å². The summed E-state index contributed by atoms with van der Waals surface area (Å²) < 4.78 is 32.9. The van der Waals surface area contributed by atoms with Crippen molar-refractivity contribution in [3.63, 3.8) is 0 Å². The van der Waals surface area contributed by atoms with Gasteiger partial charge < -0.3 is 4.74 Å². The highest BCUT2D eigenvalue weighted by atomic mass is 32.2. The van der Waals surface area contributed by atoms with Crippen molar-refractivity contribution in [2.45, 2.75) is 25.0 Å². The van der Waals surface area contributed by atoms with Gasteiger partial charge in [0.05, 0.1) is 11.8 Å². The fraction of sp³-hybridized carbons (Fsp3) is 0.545. The third kappa shape index (κ3) is 3.16. The van der Waals surface area contributed by atoms with Crippen molar-refractivity contribution < 1.29 is 17.3 Å². The Morgan fingerprint density at radius 2 is 2.24 bits per heavy atom. The normalized spacial score (nSPS) is 25.5. The topological polar surface area (TPSA) is 76.4 Å². The molecule has 2 atom stereocenters. The minimum absolute atomic E-state index is 0.176. The fourth-order valence-electron chi connectivity index (χ4n) is 1.50. The SMILES string of the molecule is CCS(=O)(=O)OC(C#N)C1(OC)C=CC=CC1. The van der Waals surface area contributed by atoms with Crippen molar-refractivity contribution in [2.75, 3.05) is 12.9 Å². The van der Waals surface area contributed by atoms with Crippen LogP contribution in [0.1, 0.15) is 13.3 Å². The van der Waals surface area contributed by atoms with Crippen LogP contribution in [0.15, 0.2) is 24.3 Å². The Balaban J connectivity index is 2.98. The molecule has 0 fully saturated rings. The number of methoxy groups -OCH3 is 1. The zero-order valence-electron chi connectivity index (χ0n) is 9.79. The molecule has 0 saturated heterocycles. The average molecular weight is 257 g/mol. The lowest BCUT2D eigenvalue weighted by molar-refractivity contribution is -0.0306. The first-order chi connectivity index (χ1) is 7.99. The maximum Gasteiger partial charge on any atom is 0.268 e. The van der Waals surface area contributed by atoms with E-state index >= 15 is 0 Å². The maximum absolute atomic E-state index is 11.4. The molecule has 6 heteroatoms. The highest BCUT2D eigenvalue weighted by Crippen LogP contribution is 2.28. The lowest BCUT2D eigenvalue weighted by atomic mass is 9.90. The molecule has 0 spiro atoms. The summed E-state index contributed by atoms with van der Waals surface area (Å²) in [5.74, 6) is -0.176. The largest absolute Gasteiger partial charge is 0.370 e. The van der Waals surface area contributed by atoms with Crippen LogP contribution in [0, 0.1) is 11.3 Å². The lowest BCUT2D eigenvalue weighted by Gasteiger charge is -2.32. The molecule has 0 amide bonds. The van der Waals surface area contributed by atoms with E-state index < -0.39 is 21.8 Å². The summed E-state index contributed by atoms with van der Waals surface area (Å²) in [6.07, 6.45) is 6.18. The van der Waals surface area contributed by atoms with Crippen molar-refractivity contribution in [3.8, 4) is 6.07 Å². The van der Waals surface area contributed by atoms with Gasteiger partial charge in [-0.3, -0.25) is 0 Å². The van der Waals surface area contributed by atoms with Crippen LogP contribution in [-0.2, 0) is 19.0 Å². The summed E-state index contributed by atoms with van der Waals surface area (Å²) in [6, 6.07) is 1.84. The summed E-state index contributed by atoms with van der Waals surface area (Å²) >= 11 is 0. The molecule has 1 rings (SSSR count). The van der Waals surface area contributed by atoms with Crippen LogP contribution in [0.4, 0.5) is 0 Å². The standard InChI is InChI=1S/C11H15NO4S/c1-3-17(13,14)16-10(9-12)11(15-2)7-5-4-6-8-11/h4-7,10H,3,8H2,1-2H3. The molecule has 0 aromatic carbocycles. The summed E-state index contributed by atoms with van der Waals surface area (Å²) in [5, 5.41) is 9.06. The summed E-state index contributed by atoms with van der Waals surface area (Å²) in [5.41, 5.74) is -1.04. The molecule has 1 aliphatic rings. The van der Waals surface area contributed by atoms with Crippen molar-refractivity contribution in [2.24, 2.45) is 0 Å². The van der Waals surface area contributed by atoms with Crippen LogP contribution in [-0.4, -0.2) is 33.0 Å². The highest BCUT2D eigenvalue weighted by molar-refractivity contribution is 7.86. The molecule has 1 aliphatic carbocycles. The van der Waals surface area contributed by atoms with E-state index in [4.69, 9.17) is 14.2 Å². The predicted octanol–water partition coefficient (Wildman–Crippen LogP) is 1.15. The molecule has 5 nitrogen and oxygen atoms in total. The van der Waals surface area contributed by atoms with Crippen LogP contribution in [0.3, 0.4) is 0 Å². The monoisotopic (exact) mass is 257 g/mol. The van der Waals surface area contributed by atoms with Gasteiger partial charge in [0.15, 0.2) is 6.10 Å². The van der Waals surface area contributed by atoms with Gasteiger partial charge in [0.1, 0.15) is 5.60 Å². The first kappa shape index (κ1) is 13.9. The molecule has 0 radical (unpaired) electrons. The van der Waals surface area contributed by atoms with Crippen molar-refractivity contribution >= 4 is 10.1 Å². The summed E-state index contributed by atoms with van der Waals surface area (Å²) in [6.45, 7) is 1.46. The number of rotatable bonds is 5. The van der Waals surface area contributed by atoms with Crippen molar-refractivity contribution in [3.05, 3.63) is 24.3 Å². The molecular formula is C11H15NO4S. The van der Waals surface area contributed by atoms with E-state index in [0.717, 1.165) is 0 Å². The number of nitriles is 1. The van der Waals surface area contributed by atoms with Crippen molar-refractivity contribution in [1.82, 2.24) is 0 Å². The Labute approximate surface area is 101 Å². The minimum Gasteiger partial charge on any atom is -0.370 e. The molecule has 0 aromatic heterocycles. The van der Waals surface area contributed by atoms with Crippen LogP contribution < -0.4 is 0 Å². The smallest absolute Gasteiger partial charge is 0.268 e. The van der Waals surface area contributed by atoms with Gasteiger partial charge in [-0.25, -0.2) is 4.18 Å². The Hall–Kier alpha value is -1.16. The highest BCUT2D eigenvalue weighted by Gasteiger charge is 2.40. The van der Waals surface area contributed by atoms with Crippen LogP contribution in [0.2, 0.25) is 0 Å². The maximum atomic E-state index is 11.4. The average Bonchev–Trinajstić information content (AvgIpc) is 2.37. The second-order valence-electron chi connectivity index (χ2n) is 3.60. The van der Waals surface area contributed by atoms with Gasteiger partial charge in [0.2, 0.25) is 0 Å². The van der Waals surface area contributed by atoms with E-state index in [-0.39, 0.29) is 5.75 Å². The van der Waals surface area contributed by atoms with Gasteiger partial charge in [-0.2, -0.15) is 13.7 Å². The van der Waals surface area contributed by atoms with Crippen LogP contribution >= 0.6 is 0 Å². The molecule has 0 saturated carbocycles. The van der Waals surface area contributed by atoms with E-state index in [1.165, 1.54) is 14.0 Å². The Kier molecular flexibility index (Phi) is 4.46. The third-order valence-electron chi connectivity index (χ3n) is 2.60. The van der Waals surface area contributed by atoms with Crippen molar-refractivity contribution in [1.29, 1.82) is 5.26 Å². The molecule has 0 heterocycles. The number of hydrogen-bond donors (Lipinski definition) is 0. The molecule has 0 aliphatic heterocycles. The number of ether oxygens (including phenoxy) is 1. The molecule has 0 bridgehead atoms.